The minimum absolute atomic E-state index is 0.102. The van der Waals surface area contributed by atoms with Crippen LogP contribution in [0.5, 0.6) is 0 Å². The molecule has 2 aliphatic rings. The van der Waals surface area contributed by atoms with E-state index in [-0.39, 0.29) is 24.7 Å². The second-order valence-electron chi connectivity index (χ2n) is 7.53. The lowest BCUT2D eigenvalue weighted by atomic mass is 9.88. The summed E-state index contributed by atoms with van der Waals surface area (Å²) in [6, 6.07) is 0. The van der Waals surface area contributed by atoms with Gasteiger partial charge in [0.15, 0.2) is 0 Å². The first-order valence-electron chi connectivity index (χ1n) is 9.95. The molecule has 2 N–H and O–H groups in total. The molecule has 0 aromatic carbocycles. The first kappa shape index (κ1) is 20.4. The quantitative estimate of drug-likeness (QED) is 0.530. The molecule has 1 heterocycles. The highest BCUT2D eigenvalue weighted by molar-refractivity contribution is 5.70. The van der Waals surface area contributed by atoms with Gasteiger partial charge in [-0.1, -0.05) is 39.0 Å². The summed E-state index contributed by atoms with van der Waals surface area (Å²) in [6.07, 6.45) is 5.60. The van der Waals surface area contributed by atoms with Gasteiger partial charge in [0.25, 0.3) is 0 Å². The third kappa shape index (κ3) is 6.07. The van der Waals surface area contributed by atoms with E-state index in [9.17, 15) is 19.4 Å². The third-order valence-corrected chi connectivity index (χ3v) is 5.48. The van der Waals surface area contributed by atoms with Crippen molar-refractivity contribution in [1.82, 2.24) is 0 Å². The first-order chi connectivity index (χ1) is 12.0. The highest BCUT2D eigenvalue weighted by Crippen LogP contribution is 2.40. The molecule has 1 aliphatic carbocycles. The maximum atomic E-state index is 14.5. The normalized spacial score (nSPS) is 27.6. The van der Waals surface area contributed by atoms with E-state index in [2.05, 4.69) is 6.92 Å². The van der Waals surface area contributed by atoms with Gasteiger partial charge in [-0.25, -0.2) is 4.39 Å². The molecule has 4 nitrogen and oxygen atoms in total. The van der Waals surface area contributed by atoms with Crippen LogP contribution in [0.4, 0.5) is 4.39 Å². The molecule has 0 fully saturated rings. The molecule has 2 rings (SSSR count). The van der Waals surface area contributed by atoms with Gasteiger partial charge < -0.3 is 14.9 Å². The summed E-state index contributed by atoms with van der Waals surface area (Å²) >= 11 is 0. The minimum Gasteiger partial charge on any atom is -0.431 e. The lowest BCUT2D eigenvalue weighted by molar-refractivity contribution is -0.140. The van der Waals surface area contributed by atoms with Crippen LogP contribution in [0, 0.1) is 5.92 Å². The summed E-state index contributed by atoms with van der Waals surface area (Å²) < 4.78 is 20.0. The predicted octanol–water partition coefficient (Wildman–Crippen LogP) is 4.19. The highest BCUT2D eigenvalue weighted by atomic mass is 19.1. The monoisotopic (exact) mass is 356 g/mol. The molecular formula is C20H33FO4. The van der Waals surface area contributed by atoms with Crippen LogP contribution in [-0.2, 0) is 9.53 Å². The second-order valence-corrected chi connectivity index (χ2v) is 7.53. The van der Waals surface area contributed by atoms with Crippen molar-refractivity contribution in [3.05, 3.63) is 11.3 Å². The first-order valence-corrected chi connectivity index (χ1v) is 9.95. The molecule has 5 heteroatoms. The molecule has 0 spiro atoms. The van der Waals surface area contributed by atoms with Crippen LogP contribution >= 0.6 is 0 Å². The SMILES string of the molecule is CCCCC[C@H](O)C(F)C[C@@H]1C2=C(C[C@H]1O)OC(=O)CCCCCC2. The van der Waals surface area contributed by atoms with Crippen LogP contribution in [-0.4, -0.2) is 34.6 Å². The smallest absolute Gasteiger partial charge is 0.310 e. The van der Waals surface area contributed by atoms with Gasteiger partial charge in [0.1, 0.15) is 11.9 Å². The third-order valence-electron chi connectivity index (χ3n) is 5.48. The molecule has 25 heavy (non-hydrogen) atoms. The Morgan fingerprint density at radius 2 is 1.92 bits per heavy atom. The number of hydrogen-bond acceptors (Lipinski definition) is 4. The number of aliphatic hydroxyl groups is 2. The minimum atomic E-state index is -1.35. The predicted molar refractivity (Wildman–Crippen MR) is 94.6 cm³/mol. The molecule has 0 bridgehead atoms. The van der Waals surface area contributed by atoms with Crippen molar-refractivity contribution in [2.24, 2.45) is 5.92 Å². The van der Waals surface area contributed by atoms with Crippen LogP contribution in [0.1, 0.15) is 84.0 Å². The van der Waals surface area contributed by atoms with Gasteiger partial charge in [-0.2, -0.15) is 0 Å². The second kappa shape index (κ2) is 10.3. The zero-order valence-electron chi connectivity index (χ0n) is 15.4. The van der Waals surface area contributed by atoms with Crippen molar-refractivity contribution in [1.29, 1.82) is 0 Å². The summed E-state index contributed by atoms with van der Waals surface area (Å²) in [5, 5.41) is 20.4. The Kier molecular flexibility index (Phi) is 8.37. The van der Waals surface area contributed by atoms with Gasteiger partial charge in [0.05, 0.1) is 12.2 Å². The van der Waals surface area contributed by atoms with E-state index < -0.39 is 18.4 Å². The zero-order valence-corrected chi connectivity index (χ0v) is 15.4. The van der Waals surface area contributed by atoms with Crippen molar-refractivity contribution in [2.45, 2.75) is 102 Å². The molecule has 1 aliphatic heterocycles. The summed E-state index contributed by atoms with van der Waals surface area (Å²) in [6.45, 7) is 2.07. The number of esters is 1. The van der Waals surface area contributed by atoms with Gasteiger partial charge in [-0.05, 0) is 37.7 Å². The Morgan fingerprint density at radius 3 is 2.64 bits per heavy atom. The zero-order chi connectivity index (χ0) is 18.2. The largest absolute Gasteiger partial charge is 0.431 e. The number of alkyl halides is 1. The molecular weight excluding hydrogens is 323 g/mol. The number of unbranched alkanes of at least 4 members (excludes halogenated alkanes) is 2. The lowest BCUT2D eigenvalue weighted by Gasteiger charge is -2.23. The summed E-state index contributed by atoms with van der Waals surface area (Å²) in [7, 11) is 0. The van der Waals surface area contributed by atoms with Crippen LogP contribution in [0.15, 0.2) is 11.3 Å². The average Bonchev–Trinajstić information content (AvgIpc) is 2.86. The van der Waals surface area contributed by atoms with E-state index in [1.54, 1.807) is 0 Å². The van der Waals surface area contributed by atoms with E-state index in [0.29, 0.717) is 18.6 Å². The van der Waals surface area contributed by atoms with Crippen molar-refractivity contribution in [3.8, 4) is 0 Å². The molecule has 0 saturated heterocycles. The van der Waals surface area contributed by atoms with Crippen molar-refractivity contribution >= 4 is 5.97 Å². The Hall–Kier alpha value is -0.940. The Labute approximate surface area is 150 Å². The molecule has 1 unspecified atom stereocenters. The maximum Gasteiger partial charge on any atom is 0.310 e. The molecule has 0 aromatic heterocycles. The standard InChI is InChI=1S/C20H33FO4/c1-2-3-6-10-17(22)16(21)12-15-14-9-7-4-5-8-11-20(24)25-19(14)13-18(15)23/h15-18,22-23H,2-13H2,1H3/t15-,16?,17+,18-/m1/s1. The maximum absolute atomic E-state index is 14.5. The average molecular weight is 356 g/mol. The van der Waals surface area contributed by atoms with E-state index in [0.717, 1.165) is 56.9 Å². The topological polar surface area (TPSA) is 66.8 Å². The molecule has 4 atom stereocenters. The number of rotatable bonds is 7. The van der Waals surface area contributed by atoms with Crippen molar-refractivity contribution < 1.29 is 24.1 Å². The Bertz CT molecular complexity index is 463. The molecule has 0 amide bonds. The van der Waals surface area contributed by atoms with Crippen LogP contribution in [0.3, 0.4) is 0 Å². The Balaban J connectivity index is 2.01. The van der Waals surface area contributed by atoms with Gasteiger partial charge in [0.2, 0.25) is 0 Å². The van der Waals surface area contributed by atoms with Crippen molar-refractivity contribution in [3.63, 3.8) is 0 Å². The number of hydrogen-bond donors (Lipinski definition) is 2. The Morgan fingerprint density at radius 1 is 1.20 bits per heavy atom. The lowest BCUT2D eigenvalue weighted by Crippen LogP contribution is -2.28. The number of ether oxygens (including phenoxy) is 1. The van der Waals surface area contributed by atoms with E-state index >= 15 is 0 Å². The molecule has 0 radical (unpaired) electrons. The number of carbonyl (C=O) groups excluding carboxylic acids is 1. The fourth-order valence-electron chi connectivity index (χ4n) is 3.94. The summed E-state index contributed by atoms with van der Waals surface area (Å²) in [4.78, 5) is 11.9. The molecule has 144 valence electrons. The van der Waals surface area contributed by atoms with Gasteiger partial charge >= 0.3 is 5.97 Å². The number of aliphatic hydroxyl groups excluding tert-OH is 2. The van der Waals surface area contributed by atoms with Gasteiger partial charge in [-0.3, -0.25) is 4.79 Å². The fraction of sp³-hybridized carbons (Fsp3) is 0.850. The summed E-state index contributed by atoms with van der Waals surface area (Å²) in [5.41, 5.74) is 0.895. The fourth-order valence-corrected chi connectivity index (χ4v) is 3.94. The molecule has 0 saturated carbocycles. The number of carbonyl (C=O) groups is 1. The van der Waals surface area contributed by atoms with Crippen LogP contribution < -0.4 is 0 Å². The van der Waals surface area contributed by atoms with E-state index in [1.807, 2.05) is 0 Å². The van der Waals surface area contributed by atoms with E-state index in [4.69, 9.17) is 4.74 Å². The molecule has 0 aromatic rings. The van der Waals surface area contributed by atoms with Gasteiger partial charge in [-0.15, -0.1) is 0 Å². The van der Waals surface area contributed by atoms with Crippen LogP contribution in [0.25, 0.3) is 0 Å². The van der Waals surface area contributed by atoms with Gasteiger partial charge in [0, 0.05) is 18.8 Å². The van der Waals surface area contributed by atoms with Crippen LogP contribution in [0.2, 0.25) is 0 Å². The van der Waals surface area contributed by atoms with Crippen molar-refractivity contribution in [2.75, 3.05) is 0 Å². The van der Waals surface area contributed by atoms with E-state index in [1.165, 1.54) is 0 Å². The highest BCUT2D eigenvalue weighted by Gasteiger charge is 2.38. The number of halogens is 1. The summed E-state index contributed by atoms with van der Waals surface area (Å²) in [5.74, 6) is -0.0474.